The molecule has 1 aromatic heterocycles. The minimum Gasteiger partial charge on any atom is -0.323 e. The number of hydrogen-bond acceptors (Lipinski definition) is 3. The Hall–Kier alpha value is -0.780. The second-order valence-corrected chi connectivity index (χ2v) is 6.01. The number of aryl methyl sites for hydroxylation is 1. The third-order valence-corrected chi connectivity index (χ3v) is 4.31. The number of nitrogens with zero attached hydrogens (tertiary/aromatic N) is 2. The Labute approximate surface area is 120 Å². The van der Waals surface area contributed by atoms with Gasteiger partial charge in [0.25, 0.3) is 0 Å². The van der Waals surface area contributed by atoms with E-state index in [0.29, 0.717) is 0 Å². The summed E-state index contributed by atoms with van der Waals surface area (Å²) in [5.41, 5.74) is 7.26. The monoisotopic (exact) mass is 325 g/mol. The molecule has 1 unspecified atom stereocenters. The van der Waals surface area contributed by atoms with Crippen molar-refractivity contribution in [3.05, 3.63) is 46.7 Å². The Balaban J connectivity index is 1.91. The summed E-state index contributed by atoms with van der Waals surface area (Å²) in [6.07, 6.45) is 3.88. The van der Waals surface area contributed by atoms with E-state index in [1.54, 1.807) is 11.8 Å². The molecule has 0 radical (unpaired) electrons. The van der Waals surface area contributed by atoms with E-state index in [1.165, 1.54) is 4.90 Å². The van der Waals surface area contributed by atoms with Crippen LogP contribution in [0.25, 0.3) is 0 Å². The van der Waals surface area contributed by atoms with Crippen molar-refractivity contribution >= 4 is 27.7 Å². The summed E-state index contributed by atoms with van der Waals surface area (Å²) in [6, 6.07) is 8.30. The summed E-state index contributed by atoms with van der Waals surface area (Å²) in [7, 11) is 0. The lowest BCUT2D eigenvalue weighted by Gasteiger charge is -2.08. The Morgan fingerprint density at radius 3 is 2.72 bits per heavy atom. The number of hydrogen-bond donors (Lipinski definition) is 1. The number of rotatable bonds is 5. The van der Waals surface area contributed by atoms with E-state index in [9.17, 15) is 0 Å². The first kappa shape index (κ1) is 13.6. The highest BCUT2D eigenvalue weighted by Gasteiger charge is 2.09. The standard InChI is InChI=1S/C13H16BrN3S/c1-2-17-8-10(7-16-17)13(15)9-18-12-5-3-11(14)4-6-12/h3-8,13H,2,9,15H2,1H3. The molecule has 0 spiro atoms. The molecule has 2 aromatic rings. The van der Waals surface area contributed by atoms with E-state index in [-0.39, 0.29) is 6.04 Å². The molecule has 18 heavy (non-hydrogen) atoms. The highest BCUT2D eigenvalue weighted by molar-refractivity contribution is 9.10. The molecule has 5 heteroatoms. The zero-order valence-corrected chi connectivity index (χ0v) is 12.6. The van der Waals surface area contributed by atoms with E-state index < -0.39 is 0 Å². The van der Waals surface area contributed by atoms with Gasteiger partial charge >= 0.3 is 0 Å². The second-order valence-electron chi connectivity index (χ2n) is 4.00. The average molecular weight is 326 g/mol. The summed E-state index contributed by atoms with van der Waals surface area (Å²) in [4.78, 5) is 1.23. The van der Waals surface area contributed by atoms with Crippen molar-refractivity contribution in [1.82, 2.24) is 9.78 Å². The maximum absolute atomic E-state index is 6.16. The molecule has 0 saturated carbocycles. The fourth-order valence-electron chi connectivity index (χ4n) is 1.56. The van der Waals surface area contributed by atoms with Crippen molar-refractivity contribution in [3.63, 3.8) is 0 Å². The topological polar surface area (TPSA) is 43.8 Å². The van der Waals surface area contributed by atoms with Gasteiger partial charge in [-0.15, -0.1) is 11.8 Å². The number of aromatic nitrogens is 2. The maximum atomic E-state index is 6.16. The van der Waals surface area contributed by atoms with Crippen molar-refractivity contribution in [2.24, 2.45) is 5.73 Å². The van der Waals surface area contributed by atoms with Crippen molar-refractivity contribution in [3.8, 4) is 0 Å². The van der Waals surface area contributed by atoms with Gasteiger partial charge < -0.3 is 5.73 Å². The van der Waals surface area contributed by atoms with Crippen molar-refractivity contribution in [2.75, 3.05) is 5.75 Å². The molecule has 2 N–H and O–H groups in total. The van der Waals surface area contributed by atoms with Crippen LogP contribution in [-0.4, -0.2) is 15.5 Å². The van der Waals surface area contributed by atoms with Crippen LogP contribution >= 0.6 is 27.7 Å². The van der Waals surface area contributed by atoms with Gasteiger partial charge in [0.05, 0.1) is 6.20 Å². The smallest absolute Gasteiger partial charge is 0.0537 e. The van der Waals surface area contributed by atoms with E-state index in [2.05, 4.69) is 40.1 Å². The number of nitrogens with two attached hydrogens (primary N) is 1. The van der Waals surface area contributed by atoms with Gasteiger partial charge in [0.15, 0.2) is 0 Å². The van der Waals surface area contributed by atoms with Gasteiger partial charge in [-0.1, -0.05) is 15.9 Å². The van der Waals surface area contributed by atoms with Crippen LogP contribution in [0.5, 0.6) is 0 Å². The van der Waals surface area contributed by atoms with Gasteiger partial charge in [0, 0.05) is 39.5 Å². The Morgan fingerprint density at radius 1 is 1.39 bits per heavy atom. The van der Waals surface area contributed by atoms with Gasteiger partial charge in [0.2, 0.25) is 0 Å². The van der Waals surface area contributed by atoms with Gasteiger partial charge in [-0.25, -0.2) is 0 Å². The lowest BCUT2D eigenvalue weighted by atomic mass is 10.2. The predicted molar refractivity (Wildman–Crippen MR) is 79.7 cm³/mol. The van der Waals surface area contributed by atoms with Crippen LogP contribution in [0.4, 0.5) is 0 Å². The molecular formula is C13H16BrN3S. The molecule has 2 rings (SSSR count). The SMILES string of the molecule is CCn1cc(C(N)CSc2ccc(Br)cc2)cn1. The third-order valence-electron chi connectivity index (χ3n) is 2.65. The fourth-order valence-corrected chi connectivity index (χ4v) is 2.71. The molecule has 0 aliphatic rings. The Bertz CT molecular complexity index is 495. The summed E-state index contributed by atoms with van der Waals surface area (Å²) in [5, 5.41) is 4.24. The van der Waals surface area contributed by atoms with E-state index in [4.69, 9.17) is 5.73 Å². The summed E-state index contributed by atoms with van der Waals surface area (Å²) in [6.45, 7) is 2.95. The highest BCUT2D eigenvalue weighted by atomic mass is 79.9. The zero-order valence-electron chi connectivity index (χ0n) is 10.2. The molecule has 3 nitrogen and oxygen atoms in total. The molecular weight excluding hydrogens is 310 g/mol. The fraction of sp³-hybridized carbons (Fsp3) is 0.308. The van der Waals surface area contributed by atoms with Crippen LogP contribution in [0.2, 0.25) is 0 Å². The molecule has 0 saturated heterocycles. The summed E-state index contributed by atoms with van der Waals surface area (Å²) < 4.78 is 3.00. The molecule has 0 aliphatic heterocycles. The minimum absolute atomic E-state index is 0.0268. The lowest BCUT2D eigenvalue weighted by Crippen LogP contribution is -2.12. The molecule has 1 aromatic carbocycles. The van der Waals surface area contributed by atoms with Gasteiger partial charge in [-0.3, -0.25) is 4.68 Å². The molecule has 96 valence electrons. The van der Waals surface area contributed by atoms with E-state index in [1.807, 2.05) is 29.2 Å². The first-order valence-electron chi connectivity index (χ1n) is 5.85. The Morgan fingerprint density at radius 2 is 2.11 bits per heavy atom. The Kier molecular flexibility index (Phi) is 4.86. The van der Waals surface area contributed by atoms with Crippen LogP contribution in [0, 0.1) is 0 Å². The zero-order chi connectivity index (χ0) is 13.0. The molecule has 1 atom stereocenters. The van der Waals surface area contributed by atoms with Crippen LogP contribution in [0.3, 0.4) is 0 Å². The normalized spacial score (nSPS) is 12.6. The maximum Gasteiger partial charge on any atom is 0.0537 e. The summed E-state index contributed by atoms with van der Waals surface area (Å²) >= 11 is 5.19. The van der Waals surface area contributed by atoms with Gasteiger partial charge in [0.1, 0.15) is 0 Å². The first-order chi connectivity index (χ1) is 8.69. The van der Waals surface area contributed by atoms with E-state index in [0.717, 1.165) is 22.3 Å². The van der Waals surface area contributed by atoms with Gasteiger partial charge in [-0.05, 0) is 31.2 Å². The molecule has 1 heterocycles. The first-order valence-corrected chi connectivity index (χ1v) is 7.63. The van der Waals surface area contributed by atoms with Gasteiger partial charge in [-0.2, -0.15) is 5.10 Å². The third kappa shape index (κ3) is 3.60. The molecule has 0 fully saturated rings. The number of halogens is 1. The van der Waals surface area contributed by atoms with Crippen LogP contribution in [0.1, 0.15) is 18.5 Å². The molecule has 0 aliphatic carbocycles. The van der Waals surface area contributed by atoms with Crippen molar-refractivity contribution in [1.29, 1.82) is 0 Å². The molecule has 0 bridgehead atoms. The predicted octanol–water partition coefficient (Wildman–Crippen LogP) is 3.46. The lowest BCUT2D eigenvalue weighted by molar-refractivity contribution is 0.658. The van der Waals surface area contributed by atoms with Crippen LogP contribution in [0.15, 0.2) is 46.0 Å². The van der Waals surface area contributed by atoms with Crippen LogP contribution < -0.4 is 5.73 Å². The van der Waals surface area contributed by atoms with E-state index >= 15 is 0 Å². The molecule has 0 amide bonds. The largest absolute Gasteiger partial charge is 0.323 e. The number of benzene rings is 1. The highest BCUT2D eigenvalue weighted by Crippen LogP contribution is 2.24. The number of thioether (sulfide) groups is 1. The second kappa shape index (κ2) is 6.41. The minimum atomic E-state index is 0.0268. The average Bonchev–Trinajstić information content (AvgIpc) is 2.86. The quantitative estimate of drug-likeness (QED) is 0.856. The van der Waals surface area contributed by atoms with Crippen LogP contribution in [-0.2, 0) is 6.54 Å². The van der Waals surface area contributed by atoms with Crippen molar-refractivity contribution in [2.45, 2.75) is 24.4 Å². The van der Waals surface area contributed by atoms with Crippen molar-refractivity contribution < 1.29 is 0 Å². The summed E-state index contributed by atoms with van der Waals surface area (Å²) in [5.74, 6) is 0.858.